The van der Waals surface area contributed by atoms with Crippen LogP contribution in [0.2, 0.25) is 0 Å². The number of hydrogen-bond acceptors (Lipinski definition) is 3. The molecule has 0 fully saturated rings. The molecule has 0 spiro atoms. The molecule has 0 saturated carbocycles. The summed E-state index contributed by atoms with van der Waals surface area (Å²) >= 11 is 0. The van der Waals surface area contributed by atoms with E-state index in [1.807, 2.05) is 46.2 Å². The zero-order valence-corrected chi connectivity index (χ0v) is 10.2. The summed E-state index contributed by atoms with van der Waals surface area (Å²) in [5.74, 6) is 0. The fourth-order valence-corrected chi connectivity index (χ4v) is 2.05. The Kier molecular flexibility index (Phi) is 2.51. The van der Waals surface area contributed by atoms with Gasteiger partial charge in [-0.25, -0.2) is 0 Å². The molecule has 5 nitrogen and oxygen atoms in total. The number of aromatic nitrogens is 4. The number of nitrogen functional groups attached to an aromatic ring is 1. The van der Waals surface area contributed by atoms with Crippen molar-refractivity contribution in [2.45, 2.75) is 20.0 Å². The number of aryl methyl sites for hydroxylation is 1. The van der Waals surface area contributed by atoms with Gasteiger partial charge in [-0.2, -0.15) is 10.2 Å². The van der Waals surface area contributed by atoms with Gasteiger partial charge in [0.05, 0.1) is 24.5 Å². The molecule has 0 atom stereocenters. The smallest absolute Gasteiger partial charge is 0.0706 e. The van der Waals surface area contributed by atoms with E-state index in [1.165, 1.54) is 0 Å². The van der Waals surface area contributed by atoms with Gasteiger partial charge in [0.25, 0.3) is 0 Å². The van der Waals surface area contributed by atoms with E-state index in [0.717, 1.165) is 28.7 Å². The normalized spacial score (nSPS) is 11.2. The molecule has 5 heteroatoms. The summed E-state index contributed by atoms with van der Waals surface area (Å²) < 4.78 is 3.86. The second-order valence-corrected chi connectivity index (χ2v) is 4.32. The van der Waals surface area contributed by atoms with E-state index in [0.29, 0.717) is 6.54 Å². The van der Waals surface area contributed by atoms with Crippen molar-refractivity contribution in [3.63, 3.8) is 0 Å². The molecule has 0 aliphatic carbocycles. The molecule has 2 aromatic heterocycles. The number of hydrogen-bond donors (Lipinski definition) is 1. The summed E-state index contributed by atoms with van der Waals surface area (Å²) in [5, 5.41) is 9.76. The largest absolute Gasteiger partial charge is 0.399 e. The molecule has 1 aromatic carbocycles. The Balaban J connectivity index is 1.96. The summed E-state index contributed by atoms with van der Waals surface area (Å²) in [7, 11) is 0. The van der Waals surface area contributed by atoms with Crippen molar-refractivity contribution in [2.24, 2.45) is 0 Å². The van der Waals surface area contributed by atoms with E-state index in [-0.39, 0.29) is 0 Å². The van der Waals surface area contributed by atoms with Crippen LogP contribution in [0.15, 0.2) is 36.8 Å². The molecule has 0 aliphatic heterocycles. The third kappa shape index (κ3) is 1.84. The van der Waals surface area contributed by atoms with Crippen LogP contribution in [0.25, 0.3) is 10.9 Å². The maximum absolute atomic E-state index is 5.81. The van der Waals surface area contributed by atoms with Crippen LogP contribution in [-0.4, -0.2) is 19.6 Å². The summed E-state index contributed by atoms with van der Waals surface area (Å²) in [6.45, 7) is 3.67. The number of rotatable bonds is 3. The van der Waals surface area contributed by atoms with Gasteiger partial charge in [0, 0.05) is 29.4 Å². The van der Waals surface area contributed by atoms with Crippen molar-refractivity contribution in [3.8, 4) is 0 Å². The van der Waals surface area contributed by atoms with Gasteiger partial charge in [-0.05, 0) is 25.1 Å². The molecular formula is C13H15N5. The van der Waals surface area contributed by atoms with Gasteiger partial charge >= 0.3 is 0 Å². The summed E-state index contributed by atoms with van der Waals surface area (Å²) in [6.07, 6.45) is 5.78. The molecule has 2 N–H and O–H groups in total. The van der Waals surface area contributed by atoms with Crippen molar-refractivity contribution in [1.29, 1.82) is 0 Å². The Hall–Kier alpha value is -2.30. The van der Waals surface area contributed by atoms with Crippen molar-refractivity contribution in [3.05, 3.63) is 42.4 Å². The Bertz CT molecular complexity index is 680. The highest BCUT2D eigenvalue weighted by Gasteiger charge is 2.05. The molecule has 0 bridgehead atoms. The number of benzene rings is 1. The molecule has 0 radical (unpaired) electrons. The molecule has 2 heterocycles. The number of nitrogens with two attached hydrogens (primary N) is 1. The maximum Gasteiger partial charge on any atom is 0.0706 e. The second kappa shape index (κ2) is 4.18. The van der Waals surface area contributed by atoms with E-state index in [2.05, 4.69) is 17.1 Å². The van der Waals surface area contributed by atoms with Gasteiger partial charge in [0.1, 0.15) is 0 Å². The maximum atomic E-state index is 5.81. The predicted molar refractivity (Wildman–Crippen MR) is 71.1 cm³/mol. The quantitative estimate of drug-likeness (QED) is 0.712. The van der Waals surface area contributed by atoms with Crippen molar-refractivity contribution < 1.29 is 0 Å². The minimum absolute atomic E-state index is 0.715. The van der Waals surface area contributed by atoms with Gasteiger partial charge in [-0.1, -0.05) is 0 Å². The lowest BCUT2D eigenvalue weighted by Crippen LogP contribution is -2.01. The van der Waals surface area contributed by atoms with E-state index >= 15 is 0 Å². The minimum Gasteiger partial charge on any atom is -0.399 e. The first-order valence-corrected chi connectivity index (χ1v) is 5.98. The minimum atomic E-state index is 0.715. The highest BCUT2D eigenvalue weighted by Crippen LogP contribution is 2.17. The van der Waals surface area contributed by atoms with Gasteiger partial charge in [-0.3, -0.25) is 9.36 Å². The highest BCUT2D eigenvalue weighted by molar-refractivity contribution is 5.81. The SMILES string of the molecule is CCn1cc(Cn2ncc3ccc(N)cc32)cn1. The van der Waals surface area contributed by atoms with E-state index in [4.69, 9.17) is 5.73 Å². The molecule has 92 valence electrons. The molecule has 0 saturated heterocycles. The standard InChI is InChI=1S/C13H15N5/c1-2-17-8-10(6-15-17)9-18-13-5-12(14)4-3-11(13)7-16-18/h3-8H,2,9,14H2,1H3. The molecule has 3 aromatic rings. The lowest BCUT2D eigenvalue weighted by atomic mass is 10.2. The predicted octanol–water partition coefficient (Wildman–Crippen LogP) is 1.88. The van der Waals surface area contributed by atoms with Gasteiger partial charge in [0.15, 0.2) is 0 Å². The average molecular weight is 241 g/mol. The van der Waals surface area contributed by atoms with Crippen LogP contribution in [0.1, 0.15) is 12.5 Å². The molecular weight excluding hydrogens is 226 g/mol. The fraction of sp³-hybridized carbons (Fsp3) is 0.231. The Morgan fingerprint density at radius 2 is 2.11 bits per heavy atom. The Morgan fingerprint density at radius 1 is 1.22 bits per heavy atom. The summed E-state index contributed by atoms with van der Waals surface area (Å²) in [6, 6.07) is 5.83. The molecule has 3 rings (SSSR count). The highest BCUT2D eigenvalue weighted by atomic mass is 15.3. The fourth-order valence-electron chi connectivity index (χ4n) is 2.05. The Labute approximate surface area is 105 Å². The van der Waals surface area contributed by atoms with Crippen LogP contribution in [0.5, 0.6) is 0 Å². The molecule has 0 amide bonds. The zero-order valence-electron chi connectivity index (χ0n) is 10.2. The first-order chi connectivity index (χ1) is 8.76. The second-order valence-electron chi connectivity index (χ2n) is 4.32. The molecule has 18 heavy (non-hydrogen) atoms. The lowest BCUT2D eigenvalue weighted by molar-refractivity contribution is 0.656. The van der Waals surface area contributed by atoms with Gasteiger partial charge in [-0.15, -0.1) is 0 Å². The molecule has 0 unspecified atom stereocenters. The van der Waals surface area contributed by atoms with Gasteiger partial charge < -0.3 is 5.73 Å². The van der Waals surface area contributed by atoms with Crippen molar-refractivity contribution >= 4 is 16.6 Å². The zero-order chi connectivity index (χ0) is 12.5. The van der Waals surface area contributed by atoms with Crippen molar-refractivity contribution in [2.75, 3.05) is 5.73 Å². The third-order valence-electron chi connectivity index (χ3n) is 3.01. The number of anilines is 1. The van der Waals surface area contributed by atoms with E-state index < -0.39 is 0 Å². The van der Waals surface area contributed by atoms with E-state index in [1.54, 1.807) is 0 Å². The first kappa shape index (κ1) is 10.8. The van der Waals surface area contributed by atoms with Crippen molar-refractivity contribution in [1.82, 2.24) is 19.6 Å². The molecule has 0 aliphatic rings. The number of fused-ring (bicyclic) bond motifs is 1. The van der Waals surface area contributed by atoms with Crippen LogP contribution in [0, 0.1) is 0 Å². The summed E-state index contributed by atoms with van der Waals surface area (Å²) in [5.41, 5.74) is 8.77. The average Bonchev–Trinajstić information content (AvgIpc) is 2.97. The Morgan fingerprint density at radius 3 is 2.89 bits per heavy atom. The lowest BCUT2D eigenvalue weighted by Gasteiger charge is -2.02. The first-order valence-electron chi connectivity index (χ1n) is 5.98. The van der Waals surface area contributed by atoms with Crippen LogP contribution in [0.4, 0.5) is 5.69 Å². The topological polar surface area (TPSA) is 61.7 Å². The van der Waals surface area contributed by atoms with E-state index in [9.17, 15) is 0 Å². The summed E-state index contributed by atoms with van der Waals surface area (Å²) in [4.78, 5) is 0. The van der Waals surface area contributed by atoms with Gasteiger partial charge in [0.2, 0.25) is 0 Å². The van der Waals surface area contributed by atoms with Crippen LogP contribution in [0.3, 0.4) is 0 Å². The number of nitrogens with zero attached hydrogens (tertiary/aromatic N) is 4. The van der Waals surface area contributed by atoms with Crippen LogP contribution in [-0.2, 0) is 13.1 Å². The van der Waals surface area contributed by atoms with Crippen LogP contribution < -0.4 is 5.73 Å². The third-order valence-corrected chi connectivity index (χ3v) is 3.01. The monoisotopic (exact) mass is 241 g/mol. The van der Waals surface area contributed by atoms with Crippen LogP contribution >= 0.6 is 0 Å².